The topological polar surface area (TPSA) is 98.6 Å². The number of nitrogens with zero attached hydrogens (tertiary/aromatic N) is 4. The fourth-order valence-corrected chi connectivity index (χ4v) is 4.60. The van der Waals surface area contributed by atoms with Gasteiger partial charge < -0.3 is 14.8 Å². The van der Waals surface area contributed by atoms with Crippen molar-refractivity contribution in [3.63, 3.8) is 0 Å². The van der Waals surface area contributed by atoms with Crippen LogP contribution in [0.3, 0.4) is 0 Å². The first kappa shape index (κ1) is 25.3. The summed E-state index contributed by atoms with van der Waals surface area (Å²) in [6.45, 7) is 0.808. The van der Waals surface area contributed by atoms with Crippen LogP contribution in [0.5, 0.6) is 5.75 Å². The second-order valence-corrected chi connectivity index (χ2v) is 9.03. The van der Waals surface area contributed by atoms with Crippen LogP contribution in [0.2, 0.25) is 0 Å². The summed E-state index contributed by atoms with van der Waals surface area (Å²) in [6.07, 6.45) is 1.72. The minimum absolute atomic E-state index is 0.0769. The van der Waals surface area contributed by atoms with Crippen LogP contribution in [0.25, 0.3) is 11.0 Å². The van der Waals surface area contributed by atoms with Crippen LogP contribution in [-0.4, -0.2) is 53.2 Å². The van der Waals surface area contributed by atoms with E-state index in [1.807, 2.05) is 18.2 Å². The van der Waals surface area contributed by atoms with E-state index in [4.69, 9.17) is 9.47 Å². The van der Waals surface area contributed by atoms with Gasteiger partial charge in [0.2, 0.25) is 11.8 Å². The predicted molar refractivity (Wildman–Crippen MR) is 139 cm³/mol. The molecule has 1 aliphatic rings. The zero-order valence-electron chi connectivity index (χ0n) is 20.9. The lowest BCUT2D eigenvalue weighted by Gasteiger charge is -2.32. The molecule has 5 rings (SSSR count). The number of benzene rings is 3. The molecular weight excluding hydrogens is 489 g/mol. The summed E-state index contributed by atoms with van der Waals surface area (Å²) in [4.78, 5) is 29.1. The molecule has 2 atom stereocenters. The Balaban J connectivity index is 1.53. The molecule has 1 saturated heterocycles. The van der Waals surface area contributed by atoms with E-state index in [0.717, 1.165) is 12.8 Å². The number of amides is 2. The van der Waals surface area contributed by atoms with Crippen molar-refractivity contribution in [2.75, 3.05) is 25.2 Å². The molecule has 9 nitrogen and oxygen atoms in total. The Labute approximate surface area is 219 Å². The van der Waals surface area contributed by atoms with Crippen molar-refractivity contribution in [1.29, 1.82) is 0 Å². The lowest BCUT2D eigenvalue weighted by atomic mass is 10.0. The van der Waals surface area contributed by atoms with Gasteiger partial charge in [0.1, 0.15) is 29.7 Å². The monoisotopic (exact) mass is 517 g/mol. The molecule has 0 saturated carbocycles. The van der Waals surface area contributed by atoms with Crippen molar-refractivity contribution in [3.05, 3.63) is 84.2 Å². The number of fused-ring (bicyclic) bond motifs is 1. The number of hydrogen-bond acceptors (Lipinski definition) is 6. The van der Waals surface area contributed by atoms with Gasteiger partial charge in [-0.15, -0.1) is 5.10 Å². The highest BCUT2D eigenvalue weighted by Gasteiger charge is 2.34. The van der Waals surface area contributed by atoms with Crippen LogP contribution in [0, 0.1) is 5.82 Å². The Kier molecular flexibility index (Phi) is 7.60. The zero-order valence-corrected chi connectivity index (χ0v) is 20.9. The second-order valence-electron chi connectivity index (χ2n) is 9.03. The molecule has 2 heterocycles. The van der Waals surface area contributed by atoms with E-state index in [2.05, 4.69) is 15.6 Å². The Morgan fingerprint density at radius 2 is 1.89 bits per heavy atom. The summed E-state index contributed by atoms with van der Waals surface area (Å²) in [7, 11) is 1.55. The average Bonchev–Trinajstić information content (AvgIpc) is 3.61. The number of hydrogen-bond donors (Lipinski definition) is 1. The van der Waals surface area contributed by atoms with Crippen molar-refractivity contribution >= 4 is 28.5 Å². The van der Waals surface area contributed by atoms with E-state index in [0.29, 0.717) is 41.2 Å². The van der Waals surface area contributed by atoms with Gasteiger partial charge >= 0.3 is 0 Å². The minimum Gasteiger partial charge on any atom is -0.497 e. The lowest BCUT2D eigenvalue weighted by molar-refractivity contribution is -0.127. The second kappa shape index (κ2) is 11.4. The van der Waals surface area contributed by atoms with Gasteiger partial charge in [-0.1, -0.05) is 29.5 Å². The van der Waals surface area contributed by atoms with Gasteiger partial charge in [0.05, 0.1) is 18.7 Å². The first-order valence-electron chi connectivity index (χ1n) is 12.4. The number of nitrogens with one attached hydrogen (secondary N) is 1. The summed E-state index contributed by atoms with van der Waals surface area (Å²) in [6, 6.07) is 18.7. The van der Waals surface area contributed by atoms with E-state index in [1.54, 1.807) is 37.4 Å². The Morgan fingerprint density at radius 3 is 2.61 bits per heavy atom. The summed E-state index contributed by atoms with van der Waals surface area (Å²) < 4.78 is 26.3. The largest absolute Gasteiger partial charge is 0.497 e. The highest BCUT2D eigenvalue weighted by atomic mass is 19.1. The minimum atomic E-state index is -1.05. The van der Waals surface area contributed by atoms with E-state index in [9.17, 15) is 14.0 Å². The highest BCUT2D eigenvalue weighted by molar-refractivity contribution is 6.01. The molecule has 196 valence electrons. The number of halogens is 1. The molecule has 10 heteroatoms. The van der Waals surface area contributed by atoms with E-state index in [-0.39, 0.29) is 18.6 Å². The average molecular weight is 518 g/mol. The number of ether oxygens (including phenoxy) is 2. The van der Waals surface area contributed by atoms with E-state index < -0.39 is 17.8 Å². The SMILES string of the molecule is COc1ccc([C@@H](C(=O)NC[C@H]2CCCO2)N(C(=O)Cn2nnc3ccccc32)c2ccc(F)cc2)cc1. The Morgan fingerprint density at radius 1 is 1.13 bits per heavy atom. The Bertz CT molecular complexity index is 1400. The van der Waals surface area contributed by atoms with Crippen LogP contribution in [0.15, 0.2) is 72.8 Å². The van der Waals surface area contributed by atoms with E-state index >= 15 is 0 Å². The molecule has 0 unspecified atom stereocenters. The standard InChI is InChI=1S/C28H28FN5O4/c1-37-22-14-8-19(9-15-22)27(28(36)30-17-23-5-4-16-38-23)34(21-12-10-20(29)11-13-21)26(35)18-33-25-7-3-2-6-24(25)31-32-33/h2-3,6-15,23,27H,4-5,16-18H2,1H3,(H,30,36)/t23-,27+/m1/s1. The summed E-state index contributed by atoms with van der Waals surface area (Å²) in [5, 5.41) is 11.2. The maximum Gasteiger partial charge on any atom is 0.249 e. The first-order valence-corrected chi connectivity index (χ1v) is 12.4. The van der Waals surface area contributed by atoms with Gasteiger partial charge in [0.25, 0.3) is 0 Å². The normalized spacial score (nSPS) is 15.8. The smallest absolute Gasteiger partial charge is 0.249 e. The molecule has 1 fully saturated rings. The van der Waals surface area contributed by atoms with Crippen molar-refractivity contribution in [3.8, 4) is 5.75 Å². The number of para-hydroxylation sites is 1. The predicted octanol–water partition coefficient (Wildman–Crippen LogP) is 3.65. The molecule has 0 radical (unpaired) electrons. The molecule has 0 bridgehead atoms. The lowest BCUT2D eigenvalue weighted by Crippen LogP contribution is -2.46. The van der Waals surface area contributed by atoms with Crippen LogP contribution in [-0.2, 0) is 20.9 Å². The fourth-order valence-electron chi connectivity index (χ4n) is 4.60. The number of carbonyl (C=O) groups is 2. The molecule has 4 aromatic rings. The third-order valence-electron chi connectivity index (χ3n) is 6.54. The molecule has 0 spiro atoms. The molecule has 1 aliphatic heterocycles. The van der Waals surface area contributed by atoms with Gasteiger partial charge in [-0.25, -0.2) is 9.07 Å². The van der Waals surface area contributed by atoms with Gasteiger partial charge in [-0.2, -0.15) is 0 Å². The van der Waals surface area contributed by atoms with Crippen molar-refractivity contribution in [2.45, 2.75) is 31.5 Å². The number of carbonyl (C=O) groups excluding carboxylic acids is 2. The number of rotatable bonds is 9. The molecular formula is C28H28FN5O4. The van der Waals surface area contributed by atoms with Crippen LogP contribution >= 0.6 is 0 Å². The number of anilines is 1. The van der Waals surface area contributed by atoms with Gasteiger partial charge in [0, 0.05) is 18.8 Å². The fraction of sp³-hybridized carbons (Fsp3) is 0.286. The Hall–Kier alpha value is -4.31. The molecule has 1 aromatic heterocycles. The quantitative estimate of drug-likeness (QED) is 0.364. The maximum atomic E-state index is 14.0. The molecule has 1 N–H and O–H groups in total. The summed E-state index contributed by atoms with van der Waals surface area (Å²) >= 11 is 0. The van der Waals surface area contributed by atoms with Crippen LogP contribution in [0.1, 0.15) is 24.4 Å². The molecule has 3 aromatic carbocycles. The number of aromatic nitrogens is 3. The third kappa shape index (κ3) is 5.50. The molecule has 0 aliphatic carbocycles. The number of methoxy groups -OCH3 is 1. The van der Waals surface area contributed by atoms with Crippen molar-refractivity contribution < 1.29 is 23.5 Å². The summed E-state index contributed by atoms with van der Waals surface area (Å²) in [5.41, 5.74) is 2.27. The van der Waals surface area contributed by atoms with Crippen molar-refractivity contribution in [2.24, 2.45) is 0 Å². The molecule has 38 heavy (non-hydrogen) atoms. The summed E-state index contributed by atoms with van der Waals surface area (Å²) in [5.74, 6) is -0.639. The first-order chi connectivity index (χ1) is 18.5. The third-order valence-corrected chi connectivity index (χ3v) is 6.54. The van der Waals surface area contributed by atoms with Crippen LogP contribution in [0.4, 0.5) is 10.1 Å². The maximum absolute atomic E-state index is 14.0. The van der Waals surface area contributed by atoms with Gasteiger partial charge in [-0.3, -0.25) is 14.5 Å². The van der Waals surface area contributed by atoms with E-state index in [1.165, 1.54) is 33.8 Å². The van der Waals surface area contributed by atoms with Crippen molar-refractivity contribution in [1.82, 2.24) is 20.3 Å². The zero-order chi connectivity index (χ0) is 26.5. The van der Waals surface area contributed by atoms with Gasteiger partial charge in [-0.05, 0) is 66.9 Å². The molecule has 2 amide bonds. The van der Waals surface area contributed by atoms with Gasteiger partial charge in [0.15, 0.2) is 0 Å². The van der Waals surface area contributed by atoms with Crippen LogP contribution < -0.4 is 15.0 Å². The highest BCUT2D eigenvalue weighted by Crippen LogP contribution is 2.30.